The van der Waals surface area contributed by atoms with E-state index in [1.165, 1.54) is 12.1 Å². The van der Waals surface area contributed by atoms with Gasteiger partial charge in [0.25, 0.3) is 0 Å². The summed E-state index contributed by atoms with van der Waals surface area (Å²) in [5.74, 6) is 0. The van der Waals surface area contributed by atoms with Crippen molar-refractivity contribution < 1.29 is 51.9 Å². The fourth-order valence-corrected chi connectivity index (χ4v) is 12.0. The normalized spacial score (nSPS) is 14.3. The van der Waals surface area contributed by atoms with Crippen LogP contribution in [0.2, 0.25) is 0 Å². The summed E-state index contributed by atoms with van der Waals surface area (Å²) in [5.41, 5.74) is -3.36. The van der Waals surface area contributed by atoms with Gasteiger partial charge >= 0.3 is 241 Å². The summed E-state index contributed by atoms with van der Waals surface area (Å²) >= 11 is 0. The van der Waals surface area contributed by atoms with Gasteiger partial charge in [0, 0.05) is 0 Å². The molecule has 0 aliphatic carbocycles. The standard InChI is InChI=1S/C29H22F9O3PS/c1-19-12-14-26(15-13-19)43(39,40)41-42(2,23-9-3-6-20(16-23)27(30,31)32,24-10-4-7-21(17-24)28(33,34)35)25-11-5-8-22(18-25)29(36,37)38/h3-18H,1-2H3. The van der Waals surface area contributed by atoms with Crippen LogP contribution in [0.3, 0.4) is 0 Å². The molecule has 0 heterocycles. The van der Waals surface area contributed by atoms with Gasteiger partial charge in [0.05, 0.1) is 0 Å². The molecule has 0 aliphatic heterocycles. The van der Waals surface area contributed by atoms with E-state index in [9.17, 15) is 47.9 Å². The van der Waals surface area contributed by atoms with Gasteiger partial charge in [-0.25, -0.2) is 0 Å². The fourth-order valence-electron chi connectivity index (χ4n) is 4.62. The van der Waals surface area contributed by atoms with Crippen molar-refractivity contribution in [3.05, 3.63) is 119 Å². The number of aryl methyl sites for hydroxylation is 1. The molecule has 0 spiro atoms. The number of benzene rings is 4. The summed E-state index contributed by atoms with van der Waals surface area (Å²) in [4.78, 5) is -0.514. The molecule has 0 unspecified atom stereocenters. The van der Waals surface area contributed by atoms with Crippen LogP contribution in [0, 0.1) is 6.92 Å². The summed E-state index contributed by atoms with van der Waals surface area (Å²) in [5, 5.41) is -1.72. The van der Waals surface area contributed by atoms with Crippen LogP contribution in [-0.2, 0) is 32.6 Å². The van der Waals surface area contributed by atoms with Crippen LogP contribution in [0.4, 0.5) is 39.5 Å². The molecule has 0 atom stereocenters. The molecule has 4 aromatic rings. The fraction of sp³-hybridized carbons (Fsp3) is 0.172. The maximum absolute atomic E-state index is 13.9. The van der Waals surface area contributed by atoms with Crippen LogP contribution in [0.15, 0.2) is 102 Å². The van der Waals surface area contributed by atoms with Crippen LogP contribution in [0.1, 0.15) is 22.3 Å². The zero-order valence-electron chi connectivity index (χ0n) is 22.2. The maximum atomic E-state index is 13.9. The Labute approximate surface area is 241 Å². The molecule has 0 bridgehead atoms. The molecular weight excluding hydrogens is 630 g/mol. The first-order valence-electron chi connectivity index (χ1n) is 12.2. The SMILES string of the molecule is Cc1ccc(S(=O)(=O)OP(C)(c2cccc(C(F)(F)F)c2)(c2cccc(C(F)(F)F)c2)c2cccc(C(F)(F)F)c2)cc1. The van der Waals surface area contributed by atoms with Gasteiger partial charge in [-0.2, -0.15) is 0 Å². The second-order valence-electron chi connectivity index (χ2n) is 9.95. The van der Waals surface area contributed by atoms with Gasteiger partial charge in [0.15, 0.2) is 0 Å². The van der Waals surface area contributed by atoms with E-state index < -0.39 is 73.0 Å². The molecule has 0 amide bonds. The zero-order valence-corrected chi connectivity index (χ0v) is 23.9. The van der Waals surface area contributed by atoms with E-state index in [0.29, 0.717) is 42.0 Å². The quantitative estimate of drug-likeness (QED) is 0.158. The second-order valence-corrected chi connectivity index (χ2v) is 16.4. The van der Waals surface area contributed by atoms with E-state index >= 15 is 0 Å². The van der Waals surface area contributed by atoms with Crippen molar-refractivity contribution >= 4 is 32.9 Å². The molecule has 0 fully saturated rings. The molecule has 4 rings (SSSR count). The Bertz CT molecular complexity index is 1620. The van der Waals surface area contributed by atoms with Crippen LogP contribution in [-0.4, -0.2) is 15.1 Å². The molecule has 0 N–H and O–H groups in total. The Balaban J connectivity index is 2.24. The van der Waals surface area contributed by atoms with Gasteiger partial charge in [0.1, 0.15) is 0 Å². The van der Waals surface area contributed by atoms with Crippen molar-refractivity contribution in [3.63, 3.8) is 0 Å². The van der Waals surface area contributed by atoms with Gasteiger partial charge < -0.3 is 0 Å². The summed E-state index contributed by atoms with van der Waals surface area (Å²) in [7, 11) is -5.07. The van der Waals surface area contributed by atoms with Gasteiger partial charge in [-0.05, 0) is 0 Å². The topological polar surface area (TPSA) is 43.4 Å². The molecule has 0 radical (unpaired) electrons. The Morgan fingerprint density at radius 2 is 0.884 bits per heavy atom. The van der Waals surface area contributed by atoms with Crippen LogP contribution in [0.5, 0.6) is 0 Å². The second kappa shape index (κ2) is 10.6. The molecule has 0 aliphatic rings. The predicted octanol–water partition coefficient (Wildman–Crippen LogP) is 7.83. The number of alkyl halides is 9. The Morgan fingerprint density at radius 1 is 0.558 bits per heavy atom. The van der Waals surface area contributed by atoms with Gasteiger partial charge in [-0.15, -0.1) is 0 Å². The number of hydrogen-bond acceptors (Lipinski definition) is 3. The van der Waals surface area contributed by atoms with Crippen LogP contribution >= 0.6 is 6.83 Å². The third kappa shape index (κ3) is 6.16. The zero-order chi connectivity index (χ0) is 32.1. The van der Waals surface area contributed by atoms with Crippen molar-refractivity contribution in [1.29, 1.82) is 0 Å². The van der Waals surface area contributed by atoms with Gasteiger partial charge in [-0.3, -0.25) is 0 Å². The molecule has 230 valence electrons. The third-order valence-corrected chi connectivity index (χ3v) is 14.7. The Hall–Kier alpha value is -3.41. The molecule has 3 nitrogen and oxygen atoms in total. The summed E-state index contributed by atoms with van der Waals surface area (Å²) in [6.07, 6.45) is -15.0. The van der Waals surface area contributed by atoms with Crippen molar-refractivity contribution in [2.75, 3.05) is 6.66 Å². The van der Waals surface area contributed by atoms with Crippen molar-refractivity contribution in [2.45, 2.75) is 30.3 Å². The number of halogens is 9. The first kappa shape index (κ1) is 32.5. The molecule has 0 saturated carbocycles. The summed E-state index contributed by atoms with van der Waals surface area (Å²) in [6, 6.07) is 14.0. The average Bonchev–Trinajstić information content (AvgIpc) is 2.92. The van der Waals surface area contributed by atoms with E-state index in [-0.39, 0.29) is 0 Å². The number of rotatable bonds is 6. The number of hydrogen-bond donors (Lipinski definition) is 0. The van der Waals surface area contributed by atoms with E-state index in [1.54, 1.807) is 6.92 Å². The monoisotopic (exact) mass is 652 g/mol. The van der Waals surface area contributed by atoms with Gasteiger partial charge in [0.2, 0.25) is 0 Å². The molecule has 0 saturated heterocycles. The molecule has 0 aromatic heterocycles. The first-order valence-corrected chi connectivity index (χ1v) is 16.3. The minimum atomic E-state index is -5.71. The van der Waals surface area contributed by atoms with Crippen molar-refractivity contribution in [1.82, 2.24) is 0 Å². The molecular formula is C29H22F9O3PS. The Kier molecular flexibility index (Phi) is 8.04. The van der Waals surface area contributed by atoms with E-state index in [0.717, 1.165) is 55.2 Å². The van der Waals surface area contributed by atoms with Crippen molar-refractivity contribution in [2.24, 2.45) is 0 Å². The summed E-state index contributed by atoms with van der Waals surface area (Å²) in [6.45, 7) is -3.11. The summed E-state index contributed by atoms with van der Waals surface area (Å²) < 4.78 is 159. The van der Waals surface area contributed by atoms with Crippen LogP contribution < -0.4 is 15.9 Å². The average molecular weight is 653 g/mol. The van der Waals surface area contributed by atoms with E-state index in [4.69, 9.17) is 3.97 Å². The van der Waals surface area contributed by atoms with Crippen LogP contribution in [0.25, 0.3) is 0 Å². The first-order chi connectivity index (χ1) is 19.7. The molecule has 43 heavy (non-hydrogen) atoms. The third-order valence-electron chi connectivity index (χ3n) is 6.98. The molecule has 4 aromatic carbocycles. The minimum absolute atomic E-state index is 0.489. The Morgan fingerprint density at radius 3 is 1.19 bits per heavy atom. The predicted molar refractivity (Wildman–Crippen MR) is 146 cm³/mol. The van der Waals surface area contributed by atoms with Crippen molar-refractivity contribution in [3.8, 4) is 0 Å². The van der Waals surface area contributed by atoms with E-state index in [1.807, 2.05) is 0 Å². The van der Waals surface area contributed by atoms with Gasteiger partial charge in [-0.1, -0.05) is 0 Å². The molecule has 14 heteroatoms. The van der Waals surface area contributed by atoms with E-state index in [2.05, 4.69) is 0 Å².